The Bertz CT molecular complexity index is 486. The van der Waals surface area contributed by atoms with Gasteiger partial charge < -0.3 is 19.9 Å². The first-order chi connectivity index (χ1) is 9.43. The summed E-state index contributed by atoms with van der Waals surface area (Å²) in [5, 5.41) is 11.7. The van der Waals surface area contributed by atoms with Crippen LogP contribution in [0.2, 0.25) is 0 Å². The largest absolute Gasteiger partial charge is 0.484 e. The molecule has 1 atom stereocenters. The number of benzene rings is 1. The lowest BCUT2D eigenvalue weighted by molar-refractivity contribution is -0.150. The summed E-state index contributed by atoms with van der Waals surface area (Å²) in [7, 11) is 1.16. The molecule has 6 nitrogen and oxygen atoms in total. The van der Waals surface area contributed by atoms with Crippen molar-refractivity contribution in [2.45, 2.75) is 20.0 Å². The van der Waals surface area contributed by atoms with Gasteiger partial charge in [0.1, 0.15) is 5.75 Å². The number of aliphatic hydroxyl groups excluding tert-OH is 1. The smallest absolute Gasteiger partial charge is 0.336 e. The molecule has 0 aromatic heterocycles. The molecule has 0 aliphatic carbocycles. The van der Waals surface area contributed by atoms with E-state index < -0.39 is 18.0 Å². The molecule has 0 fully saturated rings. The number of methoxy groups -OCH3 is 1. The summed E-state index contributed by atoms with van der Waals surface area (Å²) in [6, 6.07) is 5.52. The Balaban J connectivity index is 2.36. The first-order valence-corrected chi connectivity index (χ1v) is 6.16. The standard InChI is InChI=1S/C14H19NO5/c1-9-4-5-11(6-10(9)2)20-8-13(17)15-7-12(16)14(18)19-3/h4-6,12,16H,7-8H2,1-3H3,(H,15,17). The van der Waals surface area contributed by atoms with Crippen LogP contribution in [0.1, 0.15) is 11.1 Å². The Labute approximate surface area is 117 Å². The van der Waals surface area contributed by atoms with Gasteiger partial charge in [0, 0.05) is 0 Å². The molecule has 1 amide bonds. The Hall–Kier alpha value is -2.08. The number of hydrogen-bond acceptors (Lipinski definition) is 5. The first kappa shape index (κ1) is 16.0. The number of carbonyl (C=O) groups excluding carboxylic acids is 2. The van der Waals surface area contributed by atoms with Gasteiger partial charge in [-0.3, -0.25) is 4.79 Å². The van der Waals surface area contributed by atoms with Crippen LogP contribution >= 0.6 is 0 Å². The molecule has 1 aromatic rings. The van der Waals surface area contributed by atoms with E-state index in [1.807, 2.05) is 26.0 Å². The number of aliphatic hydroxyl groups is 1. The first-order valence-electron chi connectivity index (χ1n) is 6.16. The molecule has 2 N–H and O–H groups in total. The number of hydrogen-bond donors (Lipinski definition) is 2. The number of esters is 1. The lowest BCUT2D eigenvalue weighted by Gasteiger charge is -2.11. The van der Waals surface area contributed by atoms with Gasteiger partial charge in [-0.05, 0) is 37.1 Å². The highest BCUT2D eigenvalue weighted by atomic mass is 16.5. The predicted octanol–water partition coefficient (Wildman–Crippen LogP) is 0.332. The zero-order valence-electron chi connectivity index (χ0n) is 11.8. The molecule has 0 saturated carbocycles. The summed E-state index contributed by atoms with van der Waals surface area (Å²) in [5.74, 6) is -0.622. The van der Waals surface area contributed by atoms with Gasteiger partial charge in [0.25, 0.3) is 5.91 Å². The maximum absolute atomic E-state index is 11.5. The van der Waals surface area contributed by atoms with Crippen molar-refractivity contribution in [3.63, 3.8) is 0 Å². The van der Waals surface area contributed by atoms with Crippen molar-refractivity contribution in [2.24, 2.45) is 0 Å². The van der Waals surface area contributed by atoms with Crippen LogP contribution in [0, 0.1) is 13.8 Å². The zero-order chi connectivity index (χ0) is 15.1. The fourth-order valence-corrected chi connectivity index (χ4v) is 1.43. The summed E-state index contributed by atoms with van der Waals surface area (Å²) < 4.78 is 9.64. The van der Waals surface area contributed by atoms with E-state index in [1.165, 1.54) is 0 Å². The number of amides is 1. The minimum Gasteiger partial charge on any atom is -0.484 e. The van der Waals surface area contributed by atoms with Crippen molar-refractivity contribution in [3.05, 3.63) is 29.3 Å². The Morgan fingerprint density at radius 1 is 1.30 bits per heavy atom. The molecule has 0 bridgehead atoms. The van der Waals surface area contributed by atoms with Gasteiger partial charge in [0.05, 0.1) is 13.7 Å². The molecule has 1 aromatic carbocycles. The SMILES string of the molecule is COC(=O)C(O)CNC(=O)COc1ccc(C)c(C)c1. The van der Waals surface area contributed by atoms with E-state index in [-0.39, 0.29) is 13.2 Å². The van der Waals surface area contributed by atoms with Gasteiger partial charge in [-0.15, -0.1) is 0 Å². The minimum atomic E-state index is -1.37. The van der Waals surface area contributed by atoms with Crippen LogP contribution < -0.4 is 10.1 Å². The number of ether oxygens (including phenoxy) is 2. The lowest BCUT2D eigenvalue weighted by Crippen LogP contribution is -2.39. The second-order valence-electron chi connectivity index (χ2n) is 4.38. The van der Waals surface area contributed by atoms with Crippen molar-refractivity contribution < 1.29 is 24.2 Å². The van der Waals surface area contributed by atoms with Crippen molar-refractivity contribution in [1.29, 1.82) is 0 Å². The molecule has 20 heavy (non-hydrogen) atoms. The second kappa shape index (κ2) is 7.49. The van der Waals surface area contributed by atoms with Gasteiger partial charge in [-0.2, -0.15) is 0 Å². The minimum absolute atomic E-state index is 0.184. The Kier molecular flexibility index (Phi) is 5.99. The van der Waals surface area contributed by atoms with Crippen molar-refractivity contribution in [3.8, 4) is 5.75 Å². The average Bonchev–Trinajstić information content (AvgIpc) is 2.45. The average molecular weight is 281 g/mol. The van der Waals surface area contributed by atoms with E-state index in [0.717, 1.165) is 18.2 Å². The van der Waals surface area contributed by atoms with Crippen LogP contribution in [0.5, 0.6) is 5.75 Å². The maximum Gasteiger partial charge on any atom is 0.336 e. The molecule has 1 unspecified atom stereocenters. The van der Waals surface area contributed by atoms with Gasteiger partial charge in [-0.25, -0.2) is 4.79 Å². The van der Waals surface area contributed by atoms with Crippen LogP contribution in [0.3, 0.4) is 0 Å². The van der Waals surface area contributed by atoms with Gasteiger partial charge in [0.15, 0.2) is 12.7 Å². The highest BCUT2D eigenvalue weighted by Gasteiger charge is 2.16. The van der Waals surface area contributed by atoms with Crippen LogP contribution in [-0.4, -0.2) is 43.3 Å². The number of rotatable bonds is 6. The highest BCUT2D eigenvalue weighted by Crippen LogP contribution is 2.16. The van der Waals surface area contributed by atoms with E-state index in [2.05, 4.69) is 10.1 Å². The van der Waals surface area contributed by atoms with Crippen molar-refractivity contribution in [1.82, 2.24) is 5.32 Å². The number of carbonyl (C=O) groups is 2. The predicted molar refractivity (Wildman–Crippen MR) is 72.4 cm³/mol. The topological polar surface area (TPSA) is 84.9 Å². The fourth-order valence-electron chi connectivity index (χ4n) is 1.43. The van der Waals surface area contributed by atoms with Gasteiger partial charge in [-0.1, -0.05) is 6.07 Å². The van der Waals surface area contributed by atoms with E-state index in [4.69, 9.17) is 4.74 Å². The molecule has 110 valence electrons. The number of aryl methyl sites for hydroxylation is 2. The molecule has 0 spiro atoms. The quantitative estimate of drug-likeness (QED) is 0.734. The van der Waals surface area contributed by atoms with Crippen LogP contribution in [0.15, 0.2) is 18.2 Å². The van der Waals surface area contributed by atoms with Gasteiger partial charge in [0.2, 0.25) is 0 Å². The molecule has 0 heterocycles. The molecule has 1 rings (SSSR count). The van der Waals surface area contributed by atoms with E-state index in [9.17, 15) is 14.7 Å². The second-order valence-corrected chi connectivity index (χ2v) is 4.38. The zero-order valence-corrected chi connectivity index (χ0v) is 11.8. The normalized spacial score (nSPS) is 11.6. The third-order valence-electron chi connectivity index (χ3n) is 2.81. The summed E-state index contributed by atoms with van der Waals surface area (Å²) >= 11 is 0. The molecule has 0 aliphatic heterocycles. The molecular weight excluding hydrogens is 262 g/mol. The maximum atomic E-state index is 11.5. The van der Waals surface area contributed by atoms with E-state index in [0.29, 0.717) is 5.75 Å². The lowest BCUT2D eigenvalue weighted by atomic mass is 10.1. The van der Waals surface area contributed by atoms with E-state index >= 15 is 0 Å². The monoisotopic (exact) mass is 281 g/mol. The van der Waals surface area contributed by atoms with E-state index in [1.54, 1.807) is 6.07 Å². The van der Waals surface area contributed by atoms with Crippen LogP contribution in [0.25, 0.3) is 0 Å². The summed E-state index contributed by atoms with van der Waals surface area (Å²) in [6.07, 6.45) is -1.37. The Morgan fingerprint density at radius 2 is 2.00 bits per heavy atom. The number of nitrogens with one attached hydrogen (secondary N) is 1. The third-order valence-corrected chi connectivity index (χ3v) is 2.81. The summed E-state index contributed by atoms with van der Waals surface area (Å²) in [5.41, 5.74) is 2.21. The Morgan fingerprint density at radius 3 is 2.60 bits per heavy atom. The van der Waals surface area contributed by atoms with Crippen molar-refractivity contribution >= 4 is 11.9 Å². The highest BCUT2D eigenvalue weighted by molar-refractivity contribution is 5.79. The molecule has 0 saturated heterocycles. The molecular formula is C14H19NO5. The third kappa shape index (κ3) is 4.89. The van der Waals surface area contributed by atoms with Crippen LogP contribution in [-0.2, 0) is 14.3 Å². The summed E-state index contributed by atoms with van der Waals surface area (Å²) in [4.78, 5) is 22.4. The van der Waals surface area contributed by atoms with Gasteiger partial charge >= 0.3 is 5.97 Å². The fraction of sp³-hybridized carbons (Fsp3) is 0.429. The molecule has 6 heteroatoms. The van der Waals surface area contributed by atoms with Crippen molar-refractivity contribution in [2.75, 3.05) is 20.3 Å². The summed E-state index contributed by atoms with van der Waals surface area (Å²) in [6.45, 7) is 3.55. The molecule has 0 aliphatic rings. The van der Waals surface area contributed by atoms with Crippen LogP contribution in [0.4, 0.5) is 0 Å². The molecule has 0 radical (unpaired) electrons.